The largest absolute Gasteiger partial charge is 0.349 e. The summed E-state index contributed by atoms with van der Waals surface area (Å²) in [5.41, 5.74) is 7.42. The molecule has 4 rings (SSSR count). The van der Waals surface area contributed by atoms with Crippen molar-refractivity contribution in [3.8, 4) is 11.4 Å². The average Bonchev–Trinajstić information content (AvgIpc) is 3.37. The Morgan fingerprint density at radius 2 is 1.44 bits per heavy atom. The smallest absolute Gasteiger partial charge is 0.269 e. The fourth-order valence-corrected chi connectivity index (χ4v) is 3.41. The van der Waals surface area contributed by atoms with Gasteiger partial charge >= 0.3 is 0 Å². The van der Waals surface area contributed by atoms with Crippen LogP contribution in [0.15, 0.2) is 84.9 Å². The molecule has 10 heteroatoms. The number of benzene rings is 3. The van der Waals surface area contributed by atoms with Crippen LogP contribution in [0, 0.1) is 0 Å². The van der Waals surface area contributed by atoms with Gasteiger partial charge in [0.2, 0.25) is 11.7 Å². The summed E-state index contributed by atoms with van der Waals surface area (Å²) in [5, 5.41) is 15.3. The van der Waals surface area contributed by atoms with Gasteiger partial charge < -0.3 is 5.32 Å². The number of hydrogen-bond acceptors (Lipinski definition) is 6. The topological polar surface area (TPSA) is 131 Å². The number of nitrogens with zero attached hydrogens (tertiary/aromatic N) is 4. The molecule has 4 aromatic rings. The Balaban J connectivity index is 1.23. The predicted molar refractivity (Wildman–Crippen MR) is 132 cm³/mol. The first kappa shape index (κ1) is 24.3. The van der Waals surface area contributed by atoms with Crippen molar-refractivity contribution in [2.45, 2.75) is 25.9 Å². The number of carbonyl (C=O) groups is 3. The second-order valence-corrected chi connectivity index (χ2v) is 8.15. The standard InChI is InChI=1S/C26H25N7O3/c1-18(27-25(35)21-10-6-3-7-11-21)16-23(34)28-30-26(36)22-14-12-19(13-15-22)17-33-31-24(29-32-33)20-8-4-2-5-9-20/h2-15,18H,16-17H2,1H3,(H,27,35)(H,28,34)(H,30,36). The predicted octanol–water partition coefficient (Wildman–Crippen LogP) is 2.36. The lowest BCUT2D eigenvalue weighted by molar-refractivity contribution is -0.122. The summed E-state index contributed by atoms with van der Waals surface area (Å²) in [6, 6.07) is 24.7. The van der Waals surface area contributed by atoms with Gasteiger partial charge in [0.05, 0.1) is 6.54 Å². The van der Waals surface area contributed by atoms with Crippen LogP contribution in [0.4, 0.5) is 0 Å². The van der Waals surface area contributed by atoms with Crippen LogP contribution in [0.5, 0.6) is 0 Å². The lowest BCUT2D eigenvalue weighted by atomic mass is 10.1. The molecule has 0 saturated carbocycles. The Labute approximate surface area is 207 Å². The van der Waals surface area contributed by atoms with Gasteiger partial charge in [0.25, 0.3) is 11.8 Å². The molecule has 3 aromatic carbocycles. The number of amides is 3. The van der Waals surface area contributed by atoms with E-state index in [-0.39, 0.29) is 12.3 Å². The average molecular weight is 484 g/mol. The van der Waals surface area contributed by atoms with E-state index in [1.807, 2.05) is 36.4 Å². The fraction of sp³-hybridized carbons (Fsp3) is 0.154. The normalized spacial score (nSPS) is 11.4. The number of rotatable bonds is 8. The van der Waals surface area contributed by atoms with E-state index in [9.17, 15) is 14.4 Å². The molecule has 1 atom stereocenters. The van der Waals surface area contributed by atoms with Crippen LogP contribution < -0.4 is 16.2 Å². The van der Waals surface area contributed by atoms with E-state index in [4.69, 9.17) is 0 Å². The van der Waals surface area contributed by atoms with Crippen LogP contribution in [0.25, 0.3) is 11.4 Å². The van der Waals surface area contributed by atoms with Gasteiger partial charge in [-0.15, -0.1) is 10.2 Å². The third-order valence-corrected chi connectivity index (χ3v) is 5.25. The Bertz CT molecular complexity index is 1320. The third-order valence-electron chi connectivity index (χ3n) is 5.25. The number of hydrogen-bond donors (Lipinski definition) is 3. The van der Waals surface area contributed by atoms with Crippen LogP contribution in [-0.2, 0) is 11.3 Å². The van der Waals surface area contributed by atoms with Gasteiger partial charge in [-0.2, -0.15) is 4.80 Å². The summed E-state index contributed by atoms with van der Waals surface area (Å²) in [6.45, 7) is 2.11. The van der Waals surface area contributed by atoms with E-state index < -0.39 is 17.9 Å². The number of nitrogens with one attached hydrogen (secondary N) is 3. The molecular formula is C26H25N7O3. The van der Waals surface area contributed by atoms with Gasteiger partial charge in [0.15, 0.2) is 0 Å². The van der Waals surface area contributed by atoms with E-state index >= 15 is 0 Å². The number of carbonyl (C=O) groups excluding carboxylic acids is 3. The summed E-state index contributed by atoms with van der Waals surface area (Å²) in [7, 11) is 0. The third kappa shape index (κ3) is 6.60. The summed E-state index contributed by atoms with van der Waals surface area (Å²) >= 11 is 0. The summed E-state index contributed by atoms with van der Waals surface area (Å²) < 4.78 is 0. The molecule has 0 bridgehead atoms. The summed E-state index contributed by atoms with van der Waals surface area (Å²) in [6.07, 6.45) is 0.00761. The second kappa shape index (κ2) is 11.5. The first-order chi connectivity index (χ1) is 17.5. The van der Waals surface area contributed by atoms with E-state index in [1.165, 1.54) is 4.80 Å². The molecule has 0 aliphatic rings. The monoisotopic (exact) mass is 483 g/mol. The highest BCUT2D eigenvalue weighted by atomic mass is 16.2. The van der Waals surface area contributed by atoms with Gasteiger partial charge in [-0.25, -0.2) is 0 Å². The molecule has 0 radical (unpaired) electrons. The minimum absolute atomic E-state index is 0.00761. The highest BCUT2D eigenvalue weighted by Gasteiger charge is 2.14. The maximum Gasteiger partial charge on any atom is 0.269 e. The molecule has 0 fully saturated rings. The van der Waals surface area contributed by atoms with E-state index in [0.717, 1.165) is 11.1 Å². The van der Waals surface area contributed by atoms with Crippen molar-refractivity contribution in [2.24, 2.45) is 0 Å². The first-order valence-corrected chi connectivity index (χ1v) is 11.3. The Morgan fingerprint density at radius 1 is 0.806 bits per heavy atom. The maximum atomic E-state index is 12.4. The van der Waals surface area contributed by atoms with Crippen molar-refractivity contribution in [1.82, 2.24) is 36.4 Å². The number of aromatic nitrogens is 4. The Kier molecular flexibility index (Phi) is 7.76. The van der Waals surface area contributed by atoms with Gasteiger partial charge in [-0.05, 0) is 42.0 Å². The zero-order valence-corrected chi connectivity index (χ0v) is 19.6. The first-order valence-electron chi connectivity index (χ1n) is 11.3. The van der Waals surface area contributed by atoms with Gasteiger partial charge in [0, 0.05) is 29.2 Å². The second-order valence-electron chi connectivity index (χ2n) is 8.15. The van der Waals surface area contributed by atoms with E-state index in [0.29, 0.717) is 23.5 Å². The van der Waals surface area contributed by atoms with Crippen molar-refractivity contribution >= 4 is 17.7 Å². The lowest BCUT2D eigenvalue weighted by Crippen LogP contribution is -2.44. The molecule has 10 nitrogen and oxygen atoms in total. The molecule has 0 spiro atoms. The molecule has 0 saturated heterocycles. The van der Waals surface area contributed by atoms with Gasteiger partial charge in [-0.1, -0.05) is 60.7 Å². The zero-order valence-electron chi connectivity index (χ0n) is 19.6. The Morgan fingerprint density at radius 3 is 2.14 bits per heavy atom. The van der Waals surface area contributed by atoms with E-state index in [2.05, 4.69) is 31.6 Å². The van der Waals surface area contributed by atoms with Crippen LogP contribution >= 0.6 is 0 Å². The number of tetrazole rings is 1. The Hall–Kier alpha value is -4.86. The molecule has 1 heterocycles. The molecule has 182 valence electrons. The molecule has 1 unspecified atom stereocenters. The van der Waals surface area contributed by atoms with Gasteiger partial charge in [-0.3, -0.25) is 25.2 Å². The SMILES string of the molecule is CC(CC(=O)NNC(=O)c1ccc(Cn2nnc(-c3ccccc3)n2)cc1)NC(=O)c1ccccc1. The molecule has 3 amide bonds. The minimum atomic E-state index is -0.457. The lowest BCUT2D eigenvalue weighted by Gasteiger charge is -2.14. The van der Waals surface area contributed by atoms with Crippen LogP contribution in [0.1, 0.15) is 39.6 Å². The number of hydrazine groups is 1. The molecule has 36 heavy (non-hydrogen) atoms. The molecule has 1 aromatic heterocycles. The highest BCUT2D eigenvalue weighted by molar-refractivity contribution is 5.96. The van der Waals surface area contributed by atoms with Crippen molar-refractivity contribution in [3.05, 3.63) is 102 Å². The van der Waals surface area contributed by atoms with Crippen LogP contribution in [-0.4, -0.2) is 44.0 Å². The maximum absolute atomic E-state index is 12.4. The van der Waals surface area contributed by atoms with Crippen LogP contribution in [0.3, 0.4) is 0 Å². The van der Waals surface area contributed by atoms with Crippen molar-refractivity contribution in [1.29, 1.82) is 0 Å². The molecule has 0 aliphatic heterocycles. The van der Waals surface area contributed by atoms with Crippen molar-refractivity contribution < 1.29 is 14.4 Å². The van der Waals surface area contributed by atoms with Crippen molar-refractivity contribution in [3.63, 3.8) is 0 Å². The highest BCUT2D eigenvalue weighted by Crippen LogP contribution is 2.12. The fourth-order valence-electron chi connectivity index (χ4n) is 3.41. The molecule has 3 N–H and O–H groups in total. The van der Waals surface area contributed by atoms with Gasteiger partial charge in [0.1, 0.15) is 0 Å². The van der Waals surface area contributed by atoms with Crippen LogP contribution in [0.2, 0.25) is 0 Å². The molecule has 0 aliphatic carbocycles. The zero-order chi connectivity index (χ0) is 25.3. The quantitative estimate of drug-likeness (QED) is 0.330. The summed E-state index contributed by atoms with van der Waals surface area (Å²) in [4.78, 5) is 38.2. The van der Waals surface area contributed by atoms with Crippen molar-refractivity contribution in [2.75, 3.05) is 0 Å². The molecular weight excluding hydrogens is 458 g/mol. The minimum Gasteiger partial charge on any atom is -0.349 e. The van der Waals surface area contributed by atoms with E-state index in [1.54, 1.807) is 55.5 Å². The summed E-state index contributed by atoms with van der Waals surface area (Å²) in [5.74, 6) is -0.609.